The lowest BCUT2D eigenvalue weighted by Gasteiger charge is -2.35. The Morgan fingerprint density at radius 1 is 1.30 bits per heavy atom. The molecular formula is C18H23N3O2. The molecule has 0 saturated carbocycles. The Kier molecular flexibility index (Phi) is 4.20. The number of likely N-dealkylation sites (tertiary alicyclic amines) is 1. The average Bonchev–Trinajstić information content (AvgIpc) is 2.53. The average molecular weight is 313 g/mol. The molecule has 0 bridgehead atoms. The summed E-state index contributed by atoms with van der Waals surface area (Å²) in [5.74, 6) is 0.790. The molecule has 5 heteroatoms. The number of amides is 1. The monoisotopic (exact) mass is 313 g/mol. The number of piperidine rings is 1. The summed E-state index contributed by atoms with van der Waals surface area (Å²) in [6.07, 6.45) is 2.80. The first-order valence-corrected chi connectivity index (χ1v) is 8.29. The van der Waals surface area contributed by atoms with Gasteiger partial charge >= 0.3 is 0 Å². The van der Waals surface area contributed by atoms with Gasteiger partial charge in [-0.25, -0.2) is 4.98 Å². The van der Waals surface area contributed by atoms with Gasteiger partial charge in [0.15, 0.2) is 0 Å². The minimum absolute atomic E-state index is 0.152. The maximum absolute atomic E-state index is 12.9. The highest BCUT2D eigenvalue weighted by Gasteiger charge is 2.28. The molecule has 23 heavy (non-hydrogen) atoms. The number of carbonyl (C=O) groups excluding carboxylic acids is 1. The SMILES string of the molecule is CCn1c(=O)c(C(=O)N2C[C@@H](C)C[C@H](C)C2)cc2cccnc21. The Bertz CT molecular complexity index is 786. The quantitative estimate of drug-likeness (QED) is 0.856. The van der Waals surface area contributed by atoms with Crippen LogP contribution < -0.4 is 5.56 Å². The van der Waals surface area contributed by atoms with Crippen LogP contribution in [0.25, 0.3) is 11.0 Å². The first kappa shape index (κ1) is 15.7. The molecule has 5 nitrogen and oxygen atoms in total. The molecule has 3 rings (SSSR count). The molecule has 122 valence electrons. The van der Waals surface area contributed by atoms with E-state index in [0.29, 0.717) is 24.0 Å². The molecule has 1 amide bonds. The molecular weight excluding hydrogens is 290 g/mol. The molecule has 2 aromatic rings. The number of hydrogen-bond donors (Lipinski definition) is 0. The van der Waals surface area contributed by atoms with Gasteiger partial charge in [0.2, 0.25) is 0 Å². The van der Waals surface area contributed by atoms with Crippen molar-refractivity contribution in [2.75, 3.05) is 13.1 Å². The predicted octanol–water partition coefficient (Wildman–Crippen LogP) is 2.53. The van der Waals surface area contributed by atoms with Crippen LogP contribution in [0.2, 0.25) is 0 Å². The van der Waals surface area contributed by atoms with E-state index in [-0.39, 0.29) is 17.0 Å². The smallest absolute Gasteiger partial charge is 0.265 e. The van der Waals surface area contributed by atoms with Crippen LogP contribution in [-0.4, -0.2) is 33.4 Å². The third-order valence-corrected chi connectivity index (χ3v) is 4.55. The van der Waals surface area contributed by atoms with E-state index in [9.17, 15) is 9.59 Å². The summed E-state index contributed by atoms with van der Waals surface area (Å²) in [6, 6.07) is 5.42. The maximum atomic E-state index is 12.9. The van der Waals surface area contributed by atoms with Gasteiger partial charge in [-0.05, 0) is 43.4 Å². The van der Waals surface area contributed by atoms with Crippen molar-refractivity contribution in [2.45, 2.75) is 33.7 Å². The molecule has 0 radical (unpaired) electrons. The van der Waals surface area contributed by atoms with Gasteiger partial charge in [0.1, 0.15) is 11.2 Å². The van der Waals surface area contributed by atoms with E-state index in [2.05, 4.69) is 18.8 Å². The molecule has 0 unspecified atom stereocenters. The number of nitrogens with zero attached hydrogens (tertiary/aromatic N) is 3. The first-order valence-electron chi connectivity index (χ1n) is 8.29. The van der Waals surface area contributed by atoms with Crippen LogP contribution in [0.1, 0.15) is 37.6 Å². The van der Waals surface area contributed by atoms with Crippen LogP contribution in [0.15, 0.2) is 29.2 Å². The Labute approximate surface area is 135 Å². The summed E-state index contributed by atoms with van der Waals surface area (Å²) in [7, 11) is 0. The summed E-state index contributed by atoms with van der Waals surface area (Å²) in [5.41, 5.74) is 0.653. The fourth-order valence-corrected chi connectivity index (χ4v) is 3.65. The van der Waals surface area contributed by atoms with Gasteiger partial charge in [0, 0.05) is 31.2 Å². The van der Waals surface area contributed by atoms with E-state index in [4.69, 9.17) is 0 Å². The van der Waals surface area contributed by atoms with Crippen molar-refractivity contribution < 1.29 is 4.79 Å². The molecule has 1 aliphatic rings. The fourth-order valence-electron chi connectivity index (χ4n) is 3.65. The zero-order valence-corrected chi connectivity index (χ0v) is 14.0. The van der Waals surface area contributed by atoms with Crippen LogP contribution >= 0.6 is 0 Å². The van der Waals surface area contributed by atoms with Crippen LogP contribution in [0.5, 0.6) is 0 Å². The van der Waals surface area contributed by atoms with E-state index < -0.39 is 0 Å². The Hall–Kier alpha value is -2.17. The third kappa shape index (κ3) is 2.87. The highest BCUT2D eigenvalue weighted by Crippen LogP contribution is 2.22. The third-order valence-electron chi connectivity index (χ3n) is 4.55. The summed E-state index contributed by atoms with van der Waals surface area (Å²) in [5, 5.41) is 0.829. The van der Waals surface area contributed by atoms with Crippen molar-refractivity contribution >= 4 is 16.9 Å². The first-order chi connectivity index (χ1) is 11.0. The van der Waals surface area contributed by atoms with Crippen molar-refractivity contribution in [1.29, 1.82) is 0 Å². The number of rotatable bonds is 2. The second-order valence-electron chi connectivity index (χ2n) is 6.68. The van der Waals surface area contributed by atoms with Gasteiger partial charge in [-0.2, -0.15) is 0 Å². The minimum atomic E-state index is -0.241. The molecule has 1 saturated heterocycles. The normalized spacial score (nSPS) is 21.6. The Morgan fingerprint density at radius 2 is 2.00 bits per heavy atom. The van der Waals surface area contributed by atoms with Crippen molar-refractivity contribution in [3.63, 3.8) is 0 Å². The van der Waals surface area contributed by atoms with E-state index in [0.717, 1.165) is 24.9 Å². The lowest BCUT2D eigenvalue weighted by Crippen LogP contribution is -2.44. The largest absolute Gasteiger partial charge is 0.338 e. The number of aryl methyl sites for hydroxylation is 1. The molecule has 2 aromatic heterocycles. The van der Waals surface area contributed by atoms with Gasteiger partial charge in [-0.3, -0.25) is 14.2 Å². The lowest BCUT2D eigenvalue weighted by atomic mass is 9.91. The van der Waals surface area contributed by atoms with Crippen molar-refractivity contribution in [2.24, 2.45) is 11.8 Å². The van der Waals surface area contributed by atoms with Gasteiger partial charge in [-0.15, -0.1) is 0 Å². The predicted molar refractivity (Wildman–Crippen MR) is 90.5 cm³/mol. The van der Waals surface area contributed by atoms with E-state index >= 15 is 0 Å². The summed E-state index contributed by atoms with van der Waals surface area (Å²) < 4.78 is 1.58. The van der Waals surface area contributed by atoms with Crippen molar-refractivity contribution in [3.05, 3.63) is 40.3 Å². The molecule has 2 atom stereocenters. The molecule has 1 aliphatic heterocycles. The fraction of sp³-hybridized carbons (Fsp3) is 0.500. The number of hydrogen-bond acceptors (Lipinski definition) is 3. The number of pyridine rings is 2. The zero-order valence-electron chi connectivity index (χ0n) is 14.0. The minimum Gasteiger partial charge on any atom is -0.338 e. The van der Waals surface area contributed by atoms with Gasteiger partial charge in [0.25, 0.3) is 11.5 Å². The second-order valence-corrected chi connectivity index (χ2v) is 6.68. The standard InChI is InChI=1S/C18H23N3O2/c1-4-21-16-14(6-5-7-19-16)9-15(18(21)23)17(22)20-10-12(2)8-13(3)11-20/h5-7,9,12-13H,4,8,10-11H2,1-3H3/t12-,13-/m0/s1. The number of fused-ring (bicyclic) bond motifs is 1. The van der Waals surface area contributed by atoms with Gasteiger partial charge in [-0.1, -0.05) is 13.8 Å². The van der Waals surface area contributed by atoms with E-state index in [1.54, 1.807) is 16.8 Å². The molecule has 1 fully saturated rings. The Balaban J connectivity index is 2.07. The number of carbonyl (C=O) groups is 1. The molecule has 0 N–H and O–H groups in total. The van der Waals surface area contributed by atoms with Crippen LogP contribution in [0.4, 0.5) is 0 Å². The zero-order chi connectivity index (χ0) is 16.6. The van der Waals surface area contributed by atoms with Crippen LogP contribution in [-0.2, 0) is 6.54 Å². The van der Waals surface area contributed by atoms with Crippen LogP contribution in [0.3, 0.4) is 0 Å². The maximum Gasteiger partial charge on any atom is 0.265 e. The van der Waals surface area contributed by atoms with E-state index in [1.165, 1.54) is 0 Å². The molecule has 0 aliphatic carbocycles. The Morgan fingerprint density at radius 3 is 2.65 bits per heavy atom. The lowest BCUT2D eigenvalue weighted by molar-refractivity contribution is 0.0621. The number of aromatic nitrogens is 2. The molecule has 0 spiro atoms. The van der Waals surface area contributed by atoms with Gasteiger partial charge in [0.05, 0.1) is 0 Å². The topological polar surface area (TPSA) is 55.2 Å². The van der Waals surface area contributed by atoms with E-state index in [1.807, 2.05) is 24.0 Å². The molecule has 3 heterocycles. The van der Waals surface area contributed by atoms with Gasteiger partial charge < -0.3 is 4.90 Å². The second kappa shape index (κ2) is 6.14. The highest BCUT2D eigenvalue weighted by molar-refractivity contribution is 5.97. The molecule has 0 aromatic carbocycles. The summed E-state index contributed by atoms with van der Waals surface area (Å²) in [4.78, 5) is 31.8. The van der Waals surface area contributed by atoms with Crippen molar-refractivity contribution in [3.8, 4) is 0 Å². The van der Waals surface area contributed by atoms with Crippen LogP contribution in [0, 0.1) is 11.8 Å². The van der Waals surface area contributed by atoms with Crippen molar-refractivity contribution in [1.82, 2.24) is 14.5 Å². The highest BCUT2D eigenvalue weighted by atomic mass is 16.2. The summed E-state index contributed by atoms with van der Waals surface area (Å²) >= 11 is 0. The summed E-state index contributed by atoms with van der Waals surface area (Å²) in [6.45, 7) is 8.16.